The lowest BCUT2D eigenvalue weighted by Gasteiger charge is -1.89. The van der Waals surface area contributed by atoms with Crippen LogP contribution in [-0.4, -0.2) is 10.2 Å². The molecule has 2 rings (SSSR count). The summed E-state index contributed by atoms with van der Waals surface area (Å²) in [6.45, 7) is 0. The van der Waals surface area contributed by atoms with Gasteiger partial charge in [0.15, 0.2) is 0 Å². The van der Waals surface area contributed by atoms with E-state index in [1.807, 2.05) is 0 Å². The predicted octanol–water partition coefficient (Wildman–Crippen LogP) is 0.545. The highest BCUT2D eigenvalue weighted by molar-refractivity contribution is 5.68. The lowest BCUT2D eigenvalue weighted by Crippen LogP contribution is -2.01. The Morgan fingerprint density at radius 3 is 2.75 bits per heavy atom. The van der Waals surface area contributed by atoms with Gasteiger partial charge in [0.05, 0.1) is 6.26 Å². The molecule has 0 fully saturated rings. The molecule has 0 aliphatic carbocycles. The smallest absolute Gasteiger partial charge is 0.277 e. The van der Waals surface area contributed by atoms with E-state index in [9.17, 15) is 4.79 Å². The summed E-state index contributed by atoms with van der Waals surface area (Å²) in [5.41, 5.74) is 5.56. The second kappa shape index (κ2) is 2.30. The second-order valence-electron chi connectivity index (χ2n) is 2.35. The number of nitrogens with one attached hydrogen (secondary N) is 2. The molecule has 2 heterocycles. The Morgan fingerprint density at radius 1 is 1.42 bits per heavy atom. The van der Waals surface area contributed by atoms with Crippen LogP contribution in [0.2, 0.25) is 0 Å². The molecular formula is C7H7N3O2. The molecule has 0 radical (unpaired) electrons. The Hall–Kier alpha value is -1.91. The first-order chi connectivity index (χ1) is 5.79. The van der Waals surface area contributed by atoms with Crippen molar-refractivity contribution in [1.82, 2.24) is 10.2 Å². The Morgan fingerprint density at radius 2 is 2.25 bits per heavy atom. The zero-order valence-electron chi connectivity index (χ0n) is 6.13. The Balaban J connectivity index is 2.68. The third-order valence-corrected chi connectivity index (χ3v) is 1.57. The number of hydrogen-bond acceptors (Lipinski definition) is 3. The van der Waals surface area contributed by atoms with E-state index in [0.29, 0.717) is 11.3 Å². The van der Waals surface area contributed by atoms with Crippen molar-refractivity contribution in [2.45, 2.75) is 0 Å². The van der Waals surface area contributed by atoms with Crippen molar-refractivity contribution >= 4 is 5.82 Å². The molecule has 0 saturated carbocycles. The summed E-state index contributed by atoms with van der Waals surface area (Å²) in [6, 6.07) is 3.37. The molecule has 12 heavy (non-hydrogen) atoms. The second-order valence-corrected chi connectivity index (χ2v) is 2.35. The minimum Gasteiger partial charge on any atom is -0.464 e. The lowest BCUT2D eigenvalue weighted by molar-refractivity contribution is 0.582. The van der Waals surface area contributed by atoms with Crippen molar-refractivity contribution in [2.24, 2.45) is 0 Å². The lowest BCUT2D eigenvalue weighted by atomic mass is 10.2. The van der Waals surface area contributed by atoms with Crippen molar-refractivity contribution < 1.29 is 4.42 Å². The summed E-state index contributed by atoms with van der Waals surface area (Å²) in [5.74, 6) is 0.755. The van der Waals surface area contributed by atoms with Gasteiger partial charge in [0, 0.05) is 0 Å². The van der Waals surface area contributed by atoms with Crippen LogP contribution in [0.15, 0.2) is 27.6 Å². The third-order valence-electron chi connectivity index (χ3n) is 1.57. The van der Waals surface area contributed by atoms with Gasteiger partial charge in [0.2, 0.25) is 0 Å². The van der Waals surface area contributed by atoms with Gasteiger partial charge < -0.3 is 10.2 Å². The largest absolute Gasteiger partial charge is 0.464 e. The molecule has 0 aliphatic rings. The van der Waals surface area contributed by atoms with Crippen LogP contribution < -0.4 is 11.3 Å². The van der Waals surface area contributed by atoms with Crippen LogP contribution in [0.4, 0.5) is 5.82 Å². The number of furan rings is 1. The van der Waals surface area contributed by atoms with Gasteiger partial charge in [-0.25, -0.2) is 0 Å². The van der Waals surface area contributed by atoms with E-state index in [1.165, 1.54) is 6.26 Å². The summed E-state index contributed by atoms with van der Waals surface area (Å²) in [7, 11) is 0. The van der Waals surface area contributed by atoms with Crippen LogP contribution in [0.3, 0.4) is 0 Å². The van der Waals surface area contributed by atoms with Gasteiger partial charge in [-0.05, 0) is 12.1 Å². The zero-order valence-corrected chi connectivity index (χ0v) is 6.13. The van der Waals surface area contributed by atoms with E-state index in [2.05, 4.69) is 10.2 Å². The molecule has 5 heteroatoms. The molecule has 62 valence electrons. The molecule has 0 atom stereocenters. The number of nitrogens with two attached hydrogens (primary N) is 1. The summed E-state index contributed by atoms with van der Waals surface area (Å²) in [4.78, 5) is 11.1. The molecule has 0 aliphatic heterocycles. The minimum atomic E-state index is -0.276. The van der Waals surface area contributed by atoms with Crippen molar-refractivity contribution in [3.8, 4) is 11.3 Å². The molecule has 0 amide bonds. The molecule has 0 unspecified atom stereocenters. The first-order valence-corrected chi connectivity index (χ1v) is 3.39. The molecule has 5 nitrogen and oxygen atoms in total. The maximum absolute atomic E-state index is 11.1. The Bertz CT molecular complexity index is 424. The van der Waals surface area contributed by atoms with Crippen LogP contribution in [0.5, 0.6) is 0 Å². The highest BCUT2D eigenvalue weighted by atomic mass is 16.3. The highest BCUT2D eigenvalue weighted by Gasteiger charge is 2.11. The van der Waals surface area contributed by atoms with Crippen molar-refractivity contribution in [2.75, 3.05) is 5.73 Å². The molecule has 0 aromatic carbocycles. The Kier molecular flexibility index (Phi) is 1.30. The molecule has 0 saturated heterocycles. The highest BCUT2D eigenvalue weighted by Crippen LogP contribution is 2.19. The fraction of sp³-hybridized carbons (Fsp3) is 0. The van der Waals surface area contributed by atoms with E-state index in [0.717, 1.165) is 0 Å². The molecule has 4 N–H and O–H groups in total. The minimum absolute atomic E-state index is 0.276. The van der Waals surface area contributed by atoms with Crippen LogP contribution in [0.25, 0.3) is 11.3 Å². The van der Waals surface area contributed by atoms with Crippen LogP contribution in [0, 0.1) is 0 Å². The number of hydrogen-bond donors (Lipinski definition) is 3. The van der Waals surface area contributed by atoms with Gasteiger partial charge in [-0.1, -0.05) is 0 Å². The first kappa shape index (κ1) is 6.78. The molecule has 2 aromatic rings. The molecular weight excluding hydrogens is 158 g/mol. The topological polar surface area (TPSA) is 87.8 Å². The zero-order chi connectivity index (χ0) is 8.55. The fourth-order valence-corrected chi connectivity index (χ4v) is 1.04. The predicted molar refractivity (Wildman–Crippen MR) is 43.5 cm³/mol. The number of H-pyrrole nitrogens is 2. The maximum atomic E-state index is 11.1. The normalized spacial score (nSPS) is 10.3. The quantitative estimate of drug-likeness (QED) is 0.576. The van der Waals surface area contributed by atoms with Gasteiger partial charge in [-0.15, -0.1) is 0 Å². The van der Waals surface area contributed by atoms with Gasteiger partial charge >= 0.3 is 0 Å². The van der Waals surface area contributed by atoms with Gasteiger partial charge in [-0.2, -0.15) is 0 Å². The summed E-state index contributed by atoms with van der Waals surface area (Å²) in [5, 5.41) is 4.87. The van der Waals surface area contributed by atoms with Gasteiger partial charge in [0.25, 0.3) is 5.56 Å². The number of rotatable bonds is 1. The average Bonchev–Trinajstić information content (AvgIpc) is 2.61. The molecule has 0 spiro atoms. The van der Waals surface area contributed by atoms with E-state index in [-0.39, 0.29) is 11.4 Å². The number of aromatic amines is 2. The van der Waals surface area contributed by atoms with Gasteiger partial charge in [-0.3, -0.25) is 15.0 Å². The number of anilines is 1. The molecule has 2 aromatic heterocycles. The van der Waals surface area contributed by atoms with Crippen LogP contribution >= 0.6 is 0 Å². The fourth-order valence-electron chi connectivity index (χ4n) is 1.04. The van der Waals surface area contributed by atoms with E-state index >= 15 is 0 Å². The summed E-state index contributed by atoms with van der Waals surface area (Å²) < 4.78 is 5.02. The standard InChI is InChI=1S/C7H7N3O2/c8-6-5(7(11)10-9-6)4-2-1-3-12-4/h1-3H,(H4,8,9,10,11). The van der Waals surface area contributed by atoms with E-state index in [4.69, 9.17) is 10.2 Å². The Labute approximate surface area is 67.2 Å². The number of aromatic nitrogens is 2. The summed E-state index contributed by atoms with van der Waals surface area (Å²) >= 11 is 0. The maximum Gasteiger partial charge on any atom is 0.277 e. The average molecular weight is 165 g/mol. The summed E-state index contributed by atoms with van der Waals surface area (Å²) in [6.07, 6.45) is 1.49. The van der Waals surface area contributed by atoms with E-state index in [1.54, 1.807) is 12.1 Å². The third kappa shape index (κ3) is 0.833. The van der Waals surface area contributed by atoms with E-state index < -0.39 is 0 Å². The van der Waals surface area contributed by atoms with Crippen molar-refractivity contribution in [1.29, 1.82) is 0 Å². The van der Waals surface area contributed by atoms with Crippen LogP contribution in [0.1, 0.15) is 0 Å². The van der Waals surface area contributed by atoms with Crippen molar-refractivity contribution in [3.05, 3.63) is 28.7 Å². The molecule has 0 bridgehead atoms. The first-order valence-electron chi connectivity index (χ1n) is 3.39. The van der Waals surface area contributed by atoms with Crippen molar-refractivity contribution in [3.63, 3.8) is 0 Å². The van der Waals surface area contributed by atoms with Gasteiger partial charge in [0.1, 0.15) is 17.1 Å². The SMILES string of the molecule is Nc1[nH][nH]c(=O)c1-c1ccco1. The monoisotopic (exact) mass is 165 g/mol. The number of nitrogen functional groups attached to an aromatic ring is 1. The van der Waals surface area contributed by atoms with Crippen LogP contribution in [-0.2, 0) is 0 Å².